The van der Waals surface area contributed by atoms with E-state index < -0.39 is 0 Å². The highest BCUT2D eigenvalue weighted by atomic mass is 15.2. The van der Waals surface area contributed by atoms with Gasteiger partial charge in [0.05, 0.1) is 5.69 Å². The van der Waals surface area contributed by atoms with Crippen LogP contribution in [0.2, 0.25) is 0 Å². The number of hydrogen-bond donors (Lipinski definition) is 1. The molecule has 2 heterocycles. The van der Waals surface area contributed by atoms with Crippen molar-refractivity contribution in [3.05, 3.63) is 186 Å². The van der Waals surface area contributed by atoms with Crippen LogP contribution in [0.3, 0.4) is 0 Å². The van der Waals surface area contributed by atoms with Gasteiger partial charge in [-0.25, -0.2) is 0 Å². The molecule has 3 aliphatic rings. The Morgan fingerprint density at radius 1 is 0.571 bits per heavy atom. The van der Waals surface area contributed by atoms with Crippen LogP contribution in [0.4, 0.5) is 28.4 Å². The van der Waals surface area contributed by atoms with Gasteiger partial charge in [0.1, 0.15) is 0 Å². The van der Waals surface area contributed by atoms with Crippen LogP contribution in [0.1, 0.15) is 55.9 Å². The van der Waals surface area contributed by atoms with Gasteiger partial charge < -0.3 is 10.2 Å². The standard InChI is InChI=1S/C53H43BN2/c1-32(2)48-39-20-11-10-19-38(39)41-31-42(50-52(49(41)48)56-47-24-13-12-21-43(47)53(3,4)44-22-14-23-45(54-50)51(44)56)40-29-35-17-8-9-18-36(35)30-46(40)55-37-27-25-34(26-28-37)33-15-6-5-7-16-33/h5-32,48,54-55H,1-4H3. The Kier molecular flexibility index (Phi) is 7.29. The second-order valence-electron chi connectivity index (χ2n) is 16.8. The van der Waals surface area contributed by atoms with Crippen LogP contribution >= 0.6 is 0 Å². The van der Waals surface area contributed by atoms with Crippen molar-refractivity contribution in [3.63, 3.8) is 0 Å². The summed E-state index contributed by atoms with van der Waals surface area (Å²) in [4.78, 5) is 2.68. The van der Waals surface area contributed by atoms with Crippen molar-refractivity contribution in [1.29, 1.82) is 0 Å². The van der Waals surface area contributed by atoms with Crippen molar-refractivity contribution in [1.82, 2.24) is 0 Å². The van der Waals surface area contributed by atoms with Gasteiger partial charge in [0.25, 0.3) is 0 Å². The zero-order valence-electron chi connectivity index (χ0n) is 32.4. The van der Waals surface area contributed by atoms with E-state index in [0.29, 0.717) is 5.92 Å². The van der Waals surface area contributed by atoms with E-state index in [1.807, 2.05) is 0 Å². The summed E-state index contributed by atoms with van der Waals surface area (Å²) in [7, 11) is 0.870. The maximum absolute atomic E-state index is 3.94. The van der Waals surface area contributed by atoms with Gasteiger partial charge in [-0.1, -0.05) is 161 Å². The third-order valence-corrected chi connectivity index (χ3v) is 12.9. The first-order valence-electron chi connectivity index (χ1n) is 20.1. The summed E-state index contributed by atoms with van der Waals surface area (Å²) in [5.74, 6) is 0.717. The molecular weight excluding hydrogens is 675 g/mol. The van der Waals surface area contributed by atoms with Crippen molar-refractivity contribution in [2.75, 3.05) is 10.2 Å². The molecule has 0 saturated carbocycles. The first kappa shape index (κ1) is 33.1. The molecule has 0 bridgehead atoms. The molecule has 0 amide bonds. The number of fused-ring (bicyclic) bond motifs is 9. The fraction of sp³-hybridized carbons (Fsp3) is 0.132. The minimum absolute atomic E-state index is 0.122. The van der Waals surface area contributed by atoms with Gasteiger partial charge >= 0.3 is 0 Å². The predicted octanol–water partition coefficient (Wildman–Crippen LogP) is 12.5. The number of benzene rings is 8. The summed E-state index contributed by atoms with van der Waals surface area (Å²) in [5.41, 5.74) is 22.3. The molecule has 8 aromatic rings. The molecule has 0 aromatic heterocycles. The Balaban J connectivity index is 1.20. The Morgan fingerprint density at radius 2 is 1.25 bits per heavy atom. The zero-order chi connectivity index (χ0) is 37.7. The molecule has 56 heavy (non-hydrogen) atoms. The van der Waals surface area contributed by atoms with Crippen LogP contribution in [-0.2, 0) is 5.41 Å². The molecule has 1 aliphatic carbocycles. The van der Waals surface area contributed by atoms with E-state index in [1.165, 1.54) is 94.4 Å². The second kappa shape index (κ2) is 12.3. The quantitative estimate of drug-likeness (QED) is 0.178. The molecule has 268 valence electrons. The summed E-state index contributed by atoms with van der Waals surface area (Å²) in [5, 5.41) is 6.41. The van der Waals surface area contributed by atoms with Gasteiger partial charge in [0, 0.05) is 39.6 Å². The third kappa shape index (κ3) is 4.83. The summed E-state index contributed by atoms with van der Waals surface area (Å²) < 4.78 is 0. The van der Waals surface area contributed by atoms with E-state index >= 15 is 0 Å². The number of anilines is 5. The van der Waals surface area contributed by atoms with E-state index in [2.05, 4.69) is 202 Å². The van der Waals surface area contributed by atoms with E-state index in [9.17, 15) is 0 Å². The van der Waals surface area contributed by atoms with Crippen LogP contribution in [0.25, 0.3) is 44.2 Å². The highest BCUT2D eigenvalue weighted by molar-refractivity contribution is 6.73. The molecule has 1 atom stereocenters. The topological polar surface area (TPSA) is 15.3 Å². The molecule has 0 fully saturated rings. The Labute approximate surface area is 330 Å². The van der Waals surface area contributed by atoms with Gasteiger partial charge in [-0.15, -0.1) is 0 Å². The summed E-state index contributed by atoms with van der Waals surface area (Å²) in [6, 6.07) is 61.0. The lowest BCUT2D eigenvalue weighted by molar-refractivity contribution is 0.573. The van der Waals surface area contributed by atoms with Crippen molar-refractivity contribution >= 4 is 57.4 Å². The summed E-state index contributed by atoms with van der Waals surface area (Å²) >= 11 is 0. The smallest absolute Gasteiger partial charge is 0.198 e. The number of hydrogen-bond acceptors (Lipinski definition) is 2. The molecule has 3 heteroatoms. The average molecular weight is 719 g/mol. The van der Waals surface area contributed by atoms with Crippen molar-refractivity contribution in [3.8, 4) is 33.4 Å². The maximum Gasteiger partial charge on any atom is 0.198 e. The molecule has 0 saturated heterocycles. The van der Waals surface area contributed by atoms with E-state index in [4.69, 9.17) is 0 Å². The van der Waals surface area contributed by atoms with Gasteiger partial charge in [0.2, 0.25) is 0 Å². The second-order valence-corrected chi connectivity index (χ2v) is 16.8. The number of nitrogens with zero attached hydrogens (tertiary/aromatic N) is 1. The lowest BCUT2D eigenvalue weighted by atomic mass is 9.55. The molecule has 2 nitrogen and oxygen atoms in total. The van der Waals surface area contributed by atoms with Gasteiger partial charge in [-0.3, -0.25) is 0 Å². The normalized spacial score (nSPS) is 15.4. The van der Waals surface area contributed by atoms with Gasteiger partial charge in [-0.2, -0.15) is 0 Å². The molecule has 8 aromatic carbocycles. The molecular formula is C53H43BN2. The van der Waals surface area contributed by atoms with E-state index in [-0.39, 0.29) is 11.3 Å². The van der Waals surface area contributed by atoms with Crippen molar-refractivity contribution in [2.45, 2.75) is 39.0 Å². The van der Waals surface area contributed by atoms with Crippen molar-refractivity contribution in [2.24, 2.45) is 5.92 Å². The van der Waals surface area contributed by atoms with Crippen LogP contribution in [0, 0.1) is 5.92 Å². The predicted molar refractivity (Wildman–Crippen MR) is 240 cm³/mol. The lowest BCUT2D eigenvalue weighted by Crippen LogP contribution is -2.46. The highest BCUT2D eigenvalue weighted by Crippen LogP contribution is 2.58. The highest BCUT2D eigenvalue weighted by Gasteiger charge is 2.45. The van der Waals surface area contributed by atoms with Crippen LogP contribution in [0.15, 0.2) is 164 Å². The summed E-state index contributed by atoms with van der Waals surface area (Å²) in [6.07, 6.45) is 0. The number of para-hydroxylation sites is 2. The lowest BCUT2D eigenvalue weighted by Gasteiger charge is -2.47. The Bertz CT molecular complexity index is 2870. The zero-order valence-corrected chi connectivity index (χ0v) is 32.4. The maximum atomic E-state index is 3.94. The first-order chi connectivity index (χ1) is 27.4. The largest absolute Gasteiger partial charge is 0.355 e. The monoisotopic (exact) mass is 718 g/mol. The number of nitrogens with one attached hydrogen (secondary N) is 1. The van der Waals surface area contributed by atoms with Crippen molar-refractivity contribution < 1.29 is 0 Å². The first-order valence-corrected chi connectivity index (χ1v) is 20.1. The third-order valence-electron chi connectivity index (χ3n) is 12.9. The van der Waals surface area contributed by atoms with Crippen LogP contribution < -0.4 is 21.1 Å². The minimum Gasteiger partial charge on any atom is -0.355 e. The van der Waals surface area contributed by atoms with Crippen LogP contribution in [-0.4, -0.2) is 7.28 Å². The SMILES string of the molecule is CC(C)C1c2ccccc2-c2cc(-c3cc4ccccc4cc3Nc3ccc(-c4ccccc4)cc3)c3c(c21)N1c2ccccc2C(C)(C)c2cccc(c21)B3. The fourth-order valence-electron chi connectivity index (χ4n) is 10.3. The van der Waals surface area contributed by atoms with Gasteiger partial charge in [0.15, 0.2) is 7.28 Å². The molecule has 2 aliphatic heterocycles. The molecule has 1 N–H and O–H groups in total. The molecule has 0 spiro atoms. The number of rotatable bonds is 5. The Morgan fingerprint density at radius 3 is 2.05 bits per heavy atom. The fourth-order valence-corrected chi connectivity index (χ4v) is 10.3. The molecule has 0 radical (unpaired) electrons. The minimum atomic E-state index is -0.122. The van der Waals surface area contributed by atoms with Crippen LogP contribution in [0.5, 0.6) is 0 Å². The van der Waals surface area contributed by atoms with E-state index in [0.717, 1.165) is 18.7 Å². The summed E-state index contributed by atoms with van der Waals surface area (Å²) in [6.45, 7) is 9.62. The Hall–Kier alpha value is -6.32. The van der Waals surface area contributed by atoms with Gasteiger partial charge in [-0.05, 0) is 109 Å². The van der Waals surface area contributed by atoms with E-state index in [1.54, 1.807) is 0 Å². The molecule has 11 rings (SSSR count). The average Bonchev–Trinajstić information content (AvgIpc) is 3.57. The molecule has 1 unspecified atom stereocenters.